The Hall–Kier alpha value is -1.29. The van der Waals surface area contributed by atoms with Crippen molar-refractivity contribution in [2.24, 2.45) is 0 Å². The van der Waals surface area contributed by atoms with E-state index in [2.05, 4.69) is 16.5 Å². The third-order valence-corrected chi connectivity index (χ3v) is 1.44. The van der Waals surface area contributed by atoms with Crippen LogP contribution in [0.4, 0.5) is 0 Å². The zero-order valence-corrected chi connectivity index (χ0v) is 6.97. The molecular weight excluding hydrogens is 180 g/mol. The lowest BCUT2D eigenvalue weighted by Crippen LogP contribution is -2.09. The highest BCUT2D eigenvalue weighted by Crippen LogP contribution is 2.14. The summed E-state index contributed by atoms with van der Waals surface area (Å²) >= 11 is 5.56. The van der Waals surface area contributed by atoms with E-state index in [1.54, 1.807) is 6.08 Å². The Morgan fingerprint density at radius 3 is 3.25 bits per heavy atom. The second-order valence-electron chi connectivity index (χ2n) is 1.95. The largest absolute Gasteiger partial charge is 0.472 e. The van der Waals surface area contributed by atoms with Gasteiger partial charge >= 0.3 is 0 Å². The zero-order valence-electron chi connectivity index (χ0n) is 6.21. The first kappa shape index (κ1) is 8.80. The lowest BCUT2D eigenvalue weighted by Gasteiger charge is -2.01. The first-order valence-corrected chi connectivity index (χ1v) is 3.60. The maximum absolute atomic E-state index is 10.9. The molecule has 4 nitrogen and oxygen atoms in total. The van der Waals surface area contributed by atoms with Gasteiger partial charge in [0.2, 0.25) is 5.88 Å². The number of hydrogen-bond donors (Lipinski definition) is 1. The Balaban J connectivity index is 2.92. The van der Waals surface area contributed by atoms with Crippen molar-refractivity contribution < 1.29 is 4.74 Å². The summed E-state index contributed by atoms with van der Waals surface area (Å²) in [6.07, 6.45) is 2.77. The first-order chi connectivity index (χ1) is 5.75. The number of ether oxygens (including phenoxy) is 1. The first-order valence-electron chi connectivity index (χ1n) is 3.22. The fourth-order valence-electron chi connectivity index (χ4n) is 0.605. The van der Waals surface area contributed by atoms with Gasteiger partial charge in [-0.15, -0.1) is 0 Å². The highest BCUT2D eigenvalue weighted by atomic mass is 35.5. The number of hydrogen-bond acceptors (Lipinski definition) is 3. The van der Waals surface area contributed by atoms with Gasteiger partial charge in [0, 0.05) is 0 Å². The van der Waals surface area contributed by atoms with Crippen molar-refractivity contribution in [2.45, 2.75) is 0 Å². The summed E-state index contributed by atoms with van der Waals surface area (Å²) in [5.74, 6) is 0.125. The molecule has 64 valence electrons. The molecule has 1 rings (SSSR count). The van der Waals surface area contributed by atoms with E-state index in [9.17, 15) is 4.79 Å². The summed E-state index contributed by atoms with van der Waals surface area (Å²) in [6.45, 7) is 3.72. The molecule has 0 radical (unpaired) electrons. The second-order valence-corrected chi connectivity index (χ2v) is 2.33. The molecule has 0 bridgehead atoms. The molecule has 0 aliphatic heterocycles. The van der Waals surface area contributed by atoms with Crippen LogP contribution in [0.25, 0.3) is 0 Å². The third-order valence-electron chi connectivity index (χ3n) is 1.10. The van der Waals surface area contributed by atoms with Crippen molar-refractivity contribution in [2.75, 3.05) is 6.61 Å². The van der Waals surface area contributed by atoms with Crippen molar-refractivity contribution in [3.8, 4) is 5.88 Å². The highest BCUT2D eigenvalue weighted by Gasteiger charge is 2.04. The van der Waals surface area contributed by atoms with E-state index >= 15 is 0 Å². The molecule has 1 N–H and O–H groups in total. The lowest BCUT2D eigenvalue weighted by atomic mass is 10.6. The Morgan fingerprint density at radius 1 is 1.83 bits per heavy atom. The number of aromatic nitrogens is 2. The smallest absolute Gasteiger partial charge is 0.273 e. The minimum Gasteiger partial charge on any atom is -0.472 e. The van der Waals surface area contributed by atoms with Gasteiger partial charge in [-0.1, -0.05) is 24.3 Å². The van der Waals surface area contributed by atoms with Gasteiger partial charge < -0.3 is 9.72 Å². The topological polar surface area (TPSA) is 55.0 Å². The molecule has 0 spiro atoms. The molecule has 0 atom stereocenters. The lowest BCUT2D eigenvalue weighted by molar-refractivity contribution is 0.347. The minimum atomic E-state index is -0.411. The van der Waals surface area contributed by atoms with Crippen LogP contribution in [0, 0.1) is 0 Å². The van der Waals surface area contributed by atoms with Crippen molar-refractivity contribution in [3.63, 3.8) is 0 Å². The van der Waals surface area contributed by atoms with Crippen LogP contribution >= 0.6 is 11.6 Å². The number of H-pyrrole nitrogens is 1. The van der Waals surface area contributed by atoms with Crippen LogP contribution in [0.5, 0.6) is 5.88 Å². The molecule has 1 heterocycles. The molecule has 0 fully saturated rings. The fraction of sp³-hybridized carbons (Fsp3) is 0.143. The van der Waals surface area contributed by atoms with E-state index in [0.29, 0.717) is 0 Å². The number of nitrogens with zero attached hydrogens (tertiary/aromatic N) is 1. The minimum absolute atomic E-state index is 0.0423. The van der Waals surface area contributed by atoms with Crippen LogP contribution < -0.4 is 10.3 Å². The molecule has 0 aliphatic rings. The van der Waals surface area contributed by atoms with Crippen molar-refractivity contribution >= 4 is 11.6 Å². The van der Waals surface area contributed by atoms with Gasteiger partial charge in [-0.2, -0.15) is 0 Å². The predicted molar refractivity (Wildman–Crippen MR) is 45.6 cm³/mol. The number of nitrogens with one attached hydrogen (secondary N) is 1. The van der Waals surface area contributed by atoms with Gasteiger partial charge in [-0.25, -0.2) is 4.98 Å². The molecule has 1 aromatic heterocycles. The van der Waals surface area contributed by atoms with Crippen LogP contribution in [0.2, 0.25) is 5.02 Å². The number of rotatable bonds is 3. The summed E-state index contributed by atoms with van der Waals surface area (Å²) in [4.78, 5) is 16.9. The van der Waals surface area contributed by atoms with Gasteiger partial charge in [0.05, 0.1) is 6.33 Å². The molecule has 5 heteroatoms. The molecule has 12 heavy (non-hydrogen) atoms. The van der Waals surface area contributed by atoms with E-state index in [1.165, 1.54) is 6.33 Å². The second kappa shape index (κ2) is 3.92. The van der Waals surface area contributed by atoms with E-state index < -0.39 is 5.56 Å². The Morgan fingerprint density at radius 2 is 2.58 bits per heavy atom. The maximum Gasteiger partial charge on any atom is 0.273 e. The zero-order chi connectivity index (χ0) is 8.97. The highest BCUT2D eigenvalue weighted by molar-refractivity contribution is 6.31. The van der Waals surface area contributed by atoms with Gasteiger partial charge in [-0.05, 0) is 0 Å². The molecule has 0 saturated heterocycles. The maximum atomic E-state index is 10.9. The van der Waals surface area contributed by atoms with Crippen LogP contribution in [-0.4, -0.2) is 16.6 Å². The summed E-state index contributed by atoms with van der Waals surface area (Å²) < 4.78 is 4.99. The predicted octanol–water partition coefficient (Wildman–Crippen LogP) is 0.988. The van der Waals surface area contributed by atoms with Crippen LogP contribution in [-0.2, 0) is 0 Å². The quantitative estimate of drug-likeness (QED) is 0.717. The van der Waals surface area contributed by atoms with Crippen molar-refractivity contribution in [1.29, 1.82) is 0 Å². The average molecular weight is 187 g/mol. The van der Waals surface area contributed by atoms with Crippen molar-refractivity contribution in [3.05, 3.63) is 34.4 Å². The SMILES string of the molecule is C=CCOc1nc[nH]c(=O)c1Cl. The monoisotopic (exact) mass is 186 g/mol. The van der Waals surface area contributed by atoms with E-state index in [-0.39, 0.29) is 17.5 Å². The van der Waals surface area contributed by atoms with Crippen LogP contribution in [0.15, 0.2) is 23.8 Å². The molecular formula is C7H7ClN2O2. The standard InChI is InChI=1S/C7H7ClN2O2/c1-2-3-12-7-5(8)6(11)9-4-10-7/h2,4H,1,3H2,(H,9,10,11). The molecule has 0 aliphatic carbocycles. The fourth-order valence-corrected chi connectivity index (χ4v) is 0.763. The van der Waals surface area contributed by atoms with Gasteiger partial charge in [-0.3, -0.25) is 4.79 Å². The van der Waals surface area contributed by atoms with Crippen molar-refractivity contribution in [1.82, 2.24) is 9.97 Å². The van der Waals surface area contributed by atoms with E-state index in [1.807, 2.05) is 0 Å². The normalized spacial score (nSPS) is 9.42. The average Bonchev–Trinajstić information content (AvgIpc) is 2.08. The van der Waals surface area contributed by atoms with Crippen LogP contribution in [0.1, 0.15) is 0 Å². The Kier molecular flexibility index (Phi) is 2.88. The van der Waals surface area contributed by atoms with Crippen LogP contribution in [0.3, 0.4) is 0 Å². The van der Waals surface area contributed by atoms with Gasteiger partial charge in [0.15, 0.2) is 5.02 Å². The molecule has 0 aromatic carbocycles. The van der Waals surface area contributed by atoms with E-state index in [4.69, 9.17) is 16.3 Å². The summed E-state index contributed by atoms with van der Waals surface area (Å²) in [7, 11) is 0. The molecule has 0 saturated carbocycles. The molecule has 1 aromatic rings. The summed E-state index contributed by atoms with van der Waals surface area (Å²) in [5.41, 5.74) is -0.411. The molecule has 0 amide bonds. The third kappa shape index (κ3) is 1.85. The summed E-state index contributed by atoms with van der Waals surface area (Å²) in [6, 6.07) is 0. The summed E-state index contributed by atoms with van der Waals surface area (Å²) in [5, 5.41) is -0.0423. The number of aromatic amines is 1. The van der Waals surface area contributed by atoms with E-state index in [0.717, 1.165) is 0 Å². The van der Waals surface area contributed by atoms with Gasteiger partial charge in [0.25, 0.3) is 5.56 Å². The Bertz CT molecular complexity index is 334. The molecule has 0 unspecified atom stereocenters. The Labute approximate surface area is 73.9 Å². The van der Waals surface area contributed by atoms with Gasteiger partial charge in [0.1, 0.15) is 6.61 Å². The number of halogens is 1.